The SMILES string of the molecule is COc1ccc2nc(N3C(=O)C(=O)C(=C(O)c4ccc(Cl)cc4)C3c3ccc(C(C)C)cc3)sc2c1. The number of ketones is 1. The number of aromatic nitrogens is 1. The topological polar surface area (TPSA) is 79.7 Å². The summed E-state index contributed by atoms with van der Waals surface area (Å²) in [5.74, 6) is -0.776. The molecule has 1 aliphatic rings. The van der Waals surface area contributed by atoms with Gasteiger partial charge in [0.25, 0.3) is 5.78 Å². The molecule has 0 spiro atoms. The predicted molar refractivity (Wildman–Crippen MR) is 143 cm³/mol. The van der Waals surface area contributed by atoms with Crippen LogP contribution in [0.3, 0.4) is 0 Å². The van der Waals surface area contributed by atoms with Gasteiger partial charge in [0.1, 0.15) is 11.5 Å². The number of rotatable bonds is 5. The molecule has 1 amide bonds. The van der Waals surface area contributed by atoms with E-state index in [0.717, 1.165) is 10.3 Å². The number of hydrogen-bond acceptors (Lipinski definition) is 6. The van der Waals surface area contributed by atoms with Crippen molar-refractivity contribution in [3.63, 3.8) is 0 Å². The van der Waals surface area contributed by atoms with Crippen molar-refractivity contribution in [1.29, 1.82) is 0 Å². The second kappa shape index (κ2) is 9.41. The van der Waals surface area contributed by atoms with Gasteiger partial charge in [-0.3, -0.25) is 14.5 Å². The maximum Gasteiger partial charge on any atom is 0.301 e. The summed E-state index contributed by atoms with van der Waals surface area (Å²) in [5, 5.41) is 12.1. The molecule has 1 N–H and O–H groups in total. The van der Waals surface area contributed by atoms with Crippen LogP contribution in [-0.4, -0.2) is 28.9 Å². The Balaban J connectivity index is 1.70. The quantitative estimate of drug-likeness (QED) is 0.180. The van der Waals surface area contributed by atoms with Crippen LogP contribution in [0.15, 0.2) is 72.3 Å². The molecule has 1 aliphatic heterocycles. The molecule has 1 saturated heterocycles. The number of Topliss-reactive ketones (excluding diaryl/α,β-unsaturated/α-hetero) is 1. The van der Waals surface area contributed by atoms with Gasteiger partial charge in [0.15, 0.2) is 5.13 Å². The van der Waals surface area contributed by atoms with Crippen molar-refractivity contribution in [3.05, 3.63) is 94.0 Å². The number of aliphatic hydroxyl groups excluding tert-OH is 1. The van der Waals surface area contributed by atoms with Crippen molar-refractivity contribution < 1.29 is 19.4 Å². The van der Waals surface area contributed by atoms with Crippen LogP contribution >= 0.6 is 22.9 Å². The van der Waals surface area contributed by atoms with E-state index in [1.165, 1.54) is 16.2 Å². The number of aliphatic hydroxyl groups is 1. The van der Waals surface area contributed by atoms with Crippen LogP contribution in [0.1, 0.15) is 42.5 Å². The van der Waals surface area contributed by atoms with Crippen molar-refractivity contribution in [1.82, 2.24) is 4.98 Å². The minimum Gasteiger partial charge on any atom is -0.507 e. The van der Waals surface area contributed by atoms with E-state index in [0.29, 0.717) is 38.5 Å². The number of carbonyl (C=O) groups excluding carboxylic acids is 2. The number of carbonyl (C=O) groups is 2. The molecule has 1 unspecified atom stereocenters. The molecule has 0 aliphatic carbocycles. The average molecular weight is 519 g/mol. The van der Waals surface area contributed by atoms with Crippen molar-refractivity contribution >= 4 is 55.7 Å². The van der Waals surface area contributed by atoms with E-state index < -0.39 is 17.7 Å². The molecule has 182 valence electrons. The third kappa shape index (κ3) is 4.14. The Morgan fingerprint density at radius 1 is 1.06 bits per heavy atom. The number of anilines is 1. The zero-order valence-electron chi connectivity index (χ0n) is 19.9. The van der Waals surface area contributed by atoms with Gasteiger partial charge in [0.2, 0.25) is 0 Å². The van der Waals surface area contributed by atoms with E-state index in [1.807, 2.05) is 36.4 Å². The lowest BCUT2D eigenvalue weighted by atomic mass is 9.93. The fourth-order valence-electron chi connectivity index (χ4n) is 4.29. The van der Waals surface area contributed by atoms with Crippen molar-refractivity contribution in [3.8, 4) is 5.75 Å². The second-order valence-electron chi connectivity index (χ2n) is 8.83. The zero-order chi connectivity index (χ0) is 25.6. The Labute approximate surface area is 217 Å². The van der Waals surface area contributed by atoms with Crippen LogP contribution in [-0.2, 0) is 9.59 Å². The van der Waals surface area contributed by atoms with Gasteiger partial charge < -0.3 is 9.84 Å². The number of methoxy groups -OCH3 is 1. The van der Waals surface area contributed by atoms with Gasteiger partial charge in [-0.25, -0.2) is 4.98 Å². The first kappa shape index (κ1) is 24.0. The fraction of sp³-hybridized carbons (Fsp3) is 0.179. The van der Waals surface area contributed by atoms with E-state index in [4.69, 9.17) is 16.3 Å². The van der Waals surface area contributed by atoms with Crippen LogP contribution in [0.4, 0.5) is 5.13 Å². The van der Waals surface area contributed by atoms with Crippen molar-refractivity contribution in [2.24, 2.45) is 0 Å². The van der Waals surface area contributed by atoms with Crippen LogP contribution in [0.25, 0.3) is 16.0 Å². The third-order valence-corrected chi connectivity index (χ3v) is 7.54. The normalized spacial score (nSPS) is 17.4. The van der Waals surface area contributed by atoms with Gasteiger partial charge in [-0.15, -0.1) is 0 Å². The molecule has 3 aromatic carbocycles. The molecule has 1 aromatic heterocycles. The highest BCUT2D eigenvalue weighted by Gasteiger charge is 2.48. The first-order chi connectivity index (χ1) is 17.3. The highest BCUT2D eigenvalue weighted by Crippen LogP contribution is 2.44. The summed E-state index contributed by atoms with van der Waals surface area (Å²) in [6, 6.07) is 18.8. The molecule has 5 rings (SSSR count). The minimum atomic E-state index is -0.843. The summed E-state index contributed by atoms with van der Waals surface area (Å²) >= 11 is 7.30. The number of halogens is 1. The molecule has 1 fully saturated rings. The van der Waals surface area contributed by atoms with Crippen molar-refractivity contribution in [2.45, 2.75) is 25.8 Å². The molecule has 0 radical (unpaired) electrons. The minimum absolute atomic E-state index is 0.0106. The van der Waals surface area contributed by atoms with Gasteiger partial charge >= 0.3 is 5.91 Å². The maximum atomic E-state index is 13.4. The Morgan fingerprint density at radius 2 is 1.75 bits per heavy atom. The molecule has 2 heterocycles. The summed E-state index contributed by atoms with van der Waals surface area (Å²) in [4.78, 5) is 32.8. The molecule has 36 heavy (non-hydrogen) atoms. The number of amides is 1. The van der Waals surface area contributed by atoms with Crippen molar-refractivity contribution in [2.75, 3.05) is 12.0 Å². The Bertz CT molecular complexity index is 1510. The lowest BCUT2D eigenvalue weighted by Gasteiger charge is -2.23. The van der Waals surface area contributed by atoms with E-state index >= 15 is 0 Å². The number of fused-ring (bicyclic) bond motifs is 1. The summed E-state index contributed by atoms with van der Waals surface area (Å²) in [5.41, 5.74) is 2.92. The van der Waals surface area contributed by atoms with E-state index in [2.05, 4.69) is 18.8 Å². The lowest BCUT2D eigenvalue weighted by Crippen LogP contribution is -2.29. The largest absolute Gasteiger partial charge is 0.507 e. The Hall–Kier alpha value is -3.68. The van der Waals surface area contributed by atoms with Crippen LogP contribution in [0, 0.1) is 0 Å². The smallest absolute Gasteiger partial charge is 0.301 e. The predicted octanol–water partition coefficient (Wildman–Crippen LogP) is 6.71. The van der Waals surface area contributed by atoms with Gasteiger partial charge in [0, 0.05) is 10.6 Å². The zero-order valence-corrected chi connectivity index (χ0v) is 21.4. The number of nitrogens with zero attached hydrogens (tertiary/aromatic N) is 2. The van der Waals surface area contributed by atoms with Gasteiger partial charge in [-0.05, 0) is 59.5 Å². The number of hydrogen-bond donors (Lipinski definition) is 1. The molecule has 8 heteroatoms. The average Bonchev–Trinajstić information content (AvgIpc) is 3.41. The standard InChI is InChI=1S/C28H23ClN2O4S/c1-15(2)16-4-6-17(7-5-16)24-23(25(32)18-8-10-19(29)11-9-18)26(33)27(34)31(24)28-30-21-13-12-20(35-3)14-22(21)36-28/h4-15,24,32H,1-3H3. The maximum absolute atomic E-state index is 13.4. The number of thiazole rings is 1. The number of ether oxygens (including phenoxy) is 1. The molecule has 4 aromatic rings. The summed E-state index contributed by atoms with van der Waals surface area (Å²) in [7, 11) is 1.58. The molecular formula is C28H23ClN2O4S. The van der Waals surface area contributed by atoms with E-state index in [9.17, 15) is 14.7 Å². The highest BCUT2D eigenvalue weighted by atomic mass is 35.5. The Morgan fingerprint density at radius 3 is 2.39 bits per heavy atom. The fourth-order valence-corrected chi connectivity index (χ4v) is 5.44. The number of benzene rings is 3. The lowest BCUT2D eigenvalue weighted by molar-refractivity contribution is -0.132. The van der Waals surface area contributed by atoms with E-state index in [-0.39, 0.29) is 11.3 Å². The van der Waals surface area contributed by atoms with Crippen LogP contribution in [0.2, 0.25) is 5.02 Å². The molecule has 1 atom stereocenters. The summed E-state index contributed by atoms with van der Waals surface area (Å²) in [6.07, 6.45) is 0. The monoisotopic (exact) mass is 518 g/mol. The van der Waals surface area contributed by atoms with Gasteiger partial charge in [0.05, 0.1) is 28.9 Å². The molecule has 6 nitrogen and oxygen atoms in total. The van der Waals surface area contributed by atoms with Crippen LogP contribution in [0.5, 0.6) is 5.75 Å². The van der Waals surface area contributed by atoms with Gasteiger partial charge in [-0.1, -0.05) is 61.1 Å². The van der Waals surface area contributed by atoms with Gasteiger partial charge in [-0.2, -0.15) is 0 Å². The first-order valence-electron chi connectivity index (χ1n) is 11.4. The second-order valence-corrected chi connectivity index (χ2v) is 10.3. The molecule has 0 saturated carbocycles. The van der Waals surface area contributed by atoms with Crippen LogP contribution < -0.4 is 9.64 Å². The van der Waals surface area contributed by atoms with E-state index in [1.54, 1.807) is 37.4 Å². The summed E-state index contributed by atoms with van der Waals surface area (Å²) in [6.45, 7) is 4.19. The third-order valence-electron chi connectivity index (χ3n) is 6.27. The molecule has 0 bridgehead atoms. The summed E-state index contributed by atoms with van der Waals surface area (Å²) < 4.78 is 6.13. The highest BCUT2D eigenvalue weighted by molar-refractivity contribution is 7.22. The Kier molecular flexibility index (Phi) is 6.28. The first-order valence-corrected chi connectivity index (χ1v) is 12.6. The molecular weight excluding hydrogens is 496 g/mol.